The molecule has 0 spiro atoms. The zero-order valence-corrected chi connectivity index (χ0v) is 13.3. The maximum atomic E-state index is 12.4. The van der Waals surface area contributed by atoms with Crippen LogP contribution in [0.25, 0.3) is 11.0 Å². The maximum Gasteiger partial charge on any atom is 0.362 e. The summed E-state index contributed by atoms with van der Waals surface area (Å²) in [6.45, 7) is 2.71. The fraction of sp³-hybridized carbons (Fsp3) is 0.158. The molecule has 0 saturated carbocycles. The molecule has 0 aliphatic carbocycles. The highest BCUT2D eigenvalue weighted by Crippen LogP contribution is 2.28. The highest BCUT2D eigenvalue weighted by molar-refractivity contribution is 6.08. The minimum Gasteiger partial charge on any atom is -0.421 e. The third kappa shape index (κ3) is 3.15. The Labute approximate surface area is 139 Å². The molecule has 0 aliphatic rings. The first-order chi connectivity index (χ1) is 11.7. The van der Waals surface area contributed by atoms with Crippen LogP contribution in [0.2, 0.25) is 0 Å². The SMILES string of the molecule is CCCNc1c(NC(=O)c2ccccc2)c(=O)oc2ccccc12. The van der Waals surface area contributed by atoms with Crippen molar-refractivity contribution in [3.05, 3.63) is 70.6 Å². The average molecular weight is 322 g/mol. The zero-order chi connectivity index (χ0) is 16.9. The number of hydrogen-bond donors (Lipinski definition) is 2. The Kier molecular flexibility index (Phi) is 4.61. The molecule has 0 aliphatic heterocycles. The van der Waals surface area contributed by atoms with Crippen molar-refractivity contribution in [2.75, 3.05) is 17.2 Å². The van der Waals surface area contributed by atoms with E-state index in [2.05, 4.69) is 10.6 Å². The van der Waals surface area contributed by atoms with E-state index in [9.17, 15) is 9.59 Å². The Morgan fingerprint density at radius 2 is 1.71 bits per heavy atom. The van der Waals surface area contributed by atoms with Gasteiger partial charge in [0.05, 0.1) is 5.69 Å². The van der Waals surface area contributed by atoms with Gasteiger partial charge in [-0.3, -0.25) is 4.79 Å². The van der Waals surface area contributed by atoms with E-state index in [0.29, 0.717) is 23.4 Å². The van der Waals surface area contributed by atoms with Crippen molar-refractivity contribution < 1.29 is 9.21 Å². The maximum absolute atomic E-state index is 12.4. The summed E-state index contributed by atoms with van der Waals surface area (Å²) in [5, 5.41) is 6.68. The van der Waals surface area contributed by atoms with Crippen LogP contribution in [0.5, 0.6) is 0 Å². The molecular weight excluding hydrogens is 304 g/mol. The van der Waals surface area contributed by atoms with Gasteiger partial charge in [-0.1, -0.05) is 37.3 Å². The van der Waals surface area contributed by atoms with Crippen LogP contribution in [0.1, 0.15) is 23.7 Å². The Balaban J connectivity index is 2.07. The van der Waals surface area contributed by atoms with E-state index in [-0.39, 0.29) is 11.6 Å². The molecule has 1 aromatic heterocycles. The van der Waals surface area contributed by atoms with Gasteiger partial charge in [-0.05, 0) is 30.7 Å². The zero-order valence-electron chi connectivity index (χ0n) is 13.3. The van der Waals surface area contributed by atoms with Crippen molar-refractivity contribution in [3.63, 3.8) is 0 Å². The highest BCUT2D eigenvalue weighted by atomic mass is 16.4. The molecule has 3 rings (SSSR count). The molecule has 0 atom stereocenters. The fourth-order valence-electron chi connectivity index (χ4n) is 2.47. The van der Waals surface area contributed by atoms with Gasteiger partial charge in [0.2, 0.25) is 0 Å². The van der Waals surface area contributed by atoms with E-state index >= 15 is 0 Å². The molecule has 0 radical (unpaired) electrons. The summed E-state index contributed by atoms with van der Waals surface area (Å²) in [6, 6.07) is 16.0. The van der Waals surface area contributed by atoms with E-state index in [1.54, 1.807) is 36.4 Å². The molecule has 5 heteroatoms. The number of carbonyl (C=O) groups is 1. The second-order valence-electron chi connectivity index (χ2n) is 5.38. The molecule has 0 fully saturated rings. The Morgan fingerprint density at radius 3 is 2.46 bits per heavy atom. The largest absolute Gasteiger partial charge is 0.421 e. The van der Waals surface area contributed by atoms with E-state index < -0.39 is 5.63 Å². The predicted octanol–water partition coefficient (Wildman–Crippen LogP) is 3.87. The van der Waals surface area contributed by atoms with Gasteiger partial charge in [0, 0.05) is 17.5 Å². The Hall–Kier alpha value is -3.08. The van der Waals surface area contributed by atoms with E-state index in [0.717, 1.165) is 11.8 Å². The van der Waals surface area contributed by atoms with Crippen molar-refractivity contribution in [2.24, 2.45) is 0 Å². The quantitative estimate of drug-likeness (QED) is 0.700. The van der Waals surface area contributed by atoms with Crippen LogP contribution >= 0.6 is 0 Å². The Morgan fingerprint density at radius 1 is 1.00 bits per heavy atom. The molecule has 2 aromatic carbocycles. The molecule has 24 heavy (non-hydrogen) atoms. The number of anilines is 2. The van der Waals surface area contributed by atoms with Crippen molar-refractivity contribution in [1.82, 2.24) is 0 Å². The number of fused-ring (bicyclic) bond motifs is 1. The van der Waals surface area contributed by atoms with Gasteiger partial charge >= 0.3 is 5.63 Å². The molecule has 0 saturated heterocycles. The summed E-state index contributed by atoms with van der Waals surface area (Å²) in [6.07, 6.45) is 0.890. The summed E-state index contributed by atoms with van der Waals surface area (Å²) in [5.74, 6) is -0.349. The third-order valence-corrected chi connectivity index (χ3v) is 3.64. The monoisotopic (exact) mass is 322 g/mol. The normalized spacial score (nSPS) is 10.5. The first kappa shape index (κ1) is 15.8. The lowest BCUT2D eigenvalue weighted by molar-refractivity contribution is 0.102. The van der Waals surface area contributed by atoms with Crippen LogP contribution in [-0.4, -0.2) is 12.5 Å². The van der Waals surface area contributed by atoms with Gasteiger partial charge in [0.15, 0.2) is 5.69 Å². The number of carbonyl (C=O) groups excluding carboxylic acids is 1. The van der Waals surface area contributed by atoms with Gasteiger partial charge in [-0.25, -0.2) is 4.79 Å². The van der Waals surface area contributed by atoms with Crippen LogP contribution in [-0.2, 0) is 0 Å². The molecular formula is C19H18N2O3. The first-order valence-electron chi connectivity index (χ1n) is 7.87. The smallest absolute Gasteiger partial charge is 0.362 e. The molecule has 3 aromatic rings. The minimum absolute atomic E-state index is 0.135. The molecule has 1 amide bonds. The van der Waals surface area contributed by atoms with E-state index in [4.69, 9.17) is 4.42 Å². The van der Waals surface area contributed by atoms with Crippen LogP contribution in [0.15, 0.2) is 63.8 Å². The molecule has 0 unspecified atom stereocenters. The van der Waals surface area contributed by atoms with Gasteiger partial charge in [-0.15, -0.1) is 0 Å². The number of amides is 1. The number of benzene rings is 2. The van der Waals surface area contributed by atoms with Crippen molar-refractivity contribution in [3.8, 4) is 0 Å². The first-order valence-corrected chi connectivity index (χ1v) is 7.87. The van der Waals surface area contributed by atoms with Gasteiger partial charge < -0.3 is 15.1 Å². The number of nitrogens with one attached hydrogen (secondary N) is 2. The number of para-hydroxylation sites is 1. The summed E-state index contributed by atoms with van der Waals surface area (Å²) >= 11 is 0. The van der Waals surface area contributed by atoms with E-state index in [1.165, 1.54) is 0 Å². The van der Waals surface area contributed by atoms with Crippen molar-refractivity contribution >= 4 is 28.3 Å². The molecule has 5 nitrogen and oxygen atoms in total. The van der Waals surface area contributed by atoms with E-state index in [1.807, 2.05) is 25.1 Å². The summed E-state index contributed by atoms with van der Waals surface area (Å²) in [5.41, 5.74) is 1.12. The second kappa shape index (κ2) is 7.00. The van der Waals surface area contributed by atoms with Gasteiger partial charge in [0.25, 0.3) is 5.91 Å². The van der Waals surface area contributed by atoms with Crippen LogP contribution in [0.3, 0.4) is 0 Å². The van der Waals surface area contributed by atoms with Gasteiger partial charge in [0.1, 0.15) is 5.58 Å². The fourth-order valence-corrected chi connectivity index (χ4v) is 2.47. The summed E-state index contributed by atoms with van der Waals surface area (Å²) < 4.78 is 5.34. The lowest BCUT2D eigenvalue weighted by Gasteiger charge is -2.14. The number of hydrogen-bond acceptors (Lipinski definition) is 4. The van der Waals surface area contributed by atoms with Crippen LogP contribution in [0.4, 0.5) is 11.4 Å². The molecule has 0 bridgehead atoms. The summed E-state index contributed by atoms with van der Waals surface area (Å²) in [4.78, 5) is 24.8. The van der Waals surface area contributed by atoms with Crippen molar-refractivity contribution in [1.29, 1.82) is 0 Å². The Bertz CT molecular complexity index is 917. The van der Waals surface area contributed by atoms with Crippen molar-refractivity contribution in [2.45, 2.75) is 13.3 Å². The third-order valence-electron chi connectivity index (χ3n) is 3.64. The molecule has 122 valence electrons. The van der Waals surface area contributed by atoms with Gasteiger partial charge in [-0.2, -0.15) is 0 Å². The average Bonchev–Trinajstić information content (AvgIpc) is 2.62. The molecule has 2 N–H and O–H groups in total. The minimum atomic E-state index is -0.573. The standard InChI is InChI=1S/C19H18N2O3/c1-2-12-20-16-14-10-6-7-11-15(14)24-19(23)17(16)21-18(22)13-8-4-3-5-9-13/h3-11,20H,2,12H2,1H3,(H,21,22). The predicted molar refractivity (Wildman–Crippen MR) is 95.7 cm³/mol. The number of rotatable bonds is 5. The molecule has 1 heterocycles. The summed E-state index contributed by atoms with van der Waals surface area (Å²) in [7, 11) is 0. The topological polar surface area (TPSA) is 71.3 Å². The second-order valence-corrected chi connectivity index (χ2v) is 5.38. The lowest BCUT2D eigenvalue weighted by atomic mass is 10.1. The lowest BCUT2D eigenvalue weighted by Crippen LogP contribution is -2.20. The van der Waals surface area contributed by atoms with Crippen LogP contribution in [0, 0.1) is 0 Å². The van der Waals surface area contributed by atoms with Crippen LogP contribution < -0.4 is 16.3 Å². The highest BCUT2D eigenvalue weighted by Gasteiger charge is 2.17.